The second kappa shape index (κ2) is 6.87. The number of benzene rings is 1. The highest BCUT2D eigenvalue weighted by atomic mass is 28.3. The summed E-state index contributed by atoms with van der Waals surface area (Å²) in [6.45, 7) is 7.55. The number of hydrogen-bond acceptors (Lipinski definition) is 3. The maximum atomic E-state index is 10.9. The van der Waals surface area contributed by atoms with Crippen LogP contribution in [-0.2, 0) is 7.05 Å². The summed E-state index contributed by atoms with van der Waals surface area (Å²) in [7, 11) is 0.722. The summed E-state index contributed by atoms with van der Waals surface area (Å²) in [4.78, 5) is 15.4. The molecule has 6 nitrogen and oxygen atoms in total. The minimum atomic E-state index is -1.14. The molecule has 1 heterocycles. The van der Waals surface area contributed by atoms with Gasteiger partial charge in [0.05, 0.1) is 18.5 Å². The van der Waals surface area contributed by atoms with E-state index in [1.54, 1.807) is 12.1 Å². The van der Waals surface area contributed by atoms with E-state index in [4.69, 9.17) is 9.84 Å². The summed E-state index contributed by atoms with van der Waals surface area (Å²) >= 11 is 0. The molecule has 0 bridgehead atoms. The summed E-state index contributed by atoms with van der Waals surface area (Å²) in [6.07, 6.45) is 0.718. The lowest BCUT2D eigenvalue weighted by molar-refractivity contribution is 0.210. The van der Waals surface area contributed by atoms with Crippen LogP contribution in [0.3, 0.4) is 0 Å². The van der Waals surface area contributed by atoms with Crippen LogP contribution in [0.15, 0.2) is 30.5 Å². The first-order valence-corrected chi connectivity index (χ1v) is 11.2. The molecule has 0 unspecified atom stereocenters. The van der Waals surface area contributed by atoms with Crippen molar-refractivity contribution >= 4 is 19.9 Å². The second-order valence-electron chi connectivity index (χ2n) is 6.65. The molecule has 0 atom stereocenters. The molecule has 124 valence electrons. The van der Waals surface area contributed by atoms with Gasteiger partial charge in [-0.2, -0.15) is 4.98 Å². The van der Waals surface area contributed by atoms with Crippen LogP contribution in [0, 0.1) is 0 Å². The van der Waals surface area contributed by atoms with Gasteiger partial charge in [-0.15, -0.1) is 0 Å². The van der Waals surface area contributed by atoms with Crippen molar-refractivity contribution in [1.29, 1.82) is 0 Å². The molecule has 0 aliphatic rings. The Balaban J connectivity index is 2.20. The SMILES string of the molecule is Cn1cc(OCC[Si](C)(C)C)nc1-c1ccccc1NC(=O)O. The van der Waals surface area contributed by atoms with Crippen LogP contribution in [0.25, 0.3) is 11.4 Å². The van der Waals surface area contributed by atoms with Gasteiger partial charge in [0.1, 0.15) is 5.82 Å². The molecular weight excluding hydrogens is 310 g/mol. The predicted molar refractivity (Wildman–Crippen MR) is 93.9 cm³/mol. The predicted octanol–water partition coefficient (Wildman–Crippen LogP) is 3.89. The highest BCUT2D eigenvalue weighted by Gasteiger charge is 2.16. The van der Waals surface area contributed by atoms with Crippen LogP contribution in [0.5, 0.6) is 5.88 Å². The van der Waals surface area contributed by atoms with Gasteiger partial charge in [0.25, 0.3) is 0 Å². The van der Waals surface area contributed by atoms with E-state index < -0.39 is 14.2 Å². The third-order valence-electron chi connectivity index (χ3n) is 3.37. The van der Waals surface area contributed by atoms with Crippen molar-refractivity contribution in [3.63, 3.8) is 0 Å². The Labute approximate surface area is 137 Å². The molecule has 1 aromatic carbocycles. The van der Waals surface area contributed by atoms with E-state index in [1.807, 2.05) is 29.9 Å². The average Bonchev–Trinajstić information content (AvgIpc) is 2.78. The Kier molecular flexibility index (Phi) is 5.10. The van der Waals surface area contributed by atoms with E-state index in [0.29, 0.717) is 24.0 Å². The molecule has 1 amide bonds. The minimum absolute atomic E-state index is 0.502. The maximum absolute atomic E-state index is 10.9. The molecule has 1 aromatic heterocycles. The van der Waals surface area contributed by atoms with Gasteiger partial charge < -0.3 is 14.4 Å². The third-order valence-corrected chi connectivity index (χ3v) is 5.07. The van der Waals surface area contributed by atoms with Crippen molar-refractivity contribution in [3.05, 3.63) is 30.5 Å². The zero-order valence-corrected chi connectivity index (χ0v) is 15.0. The summed E-state index contributed by atoms with van der Waals surface area (Å²) in [5, 5.41) is 11.3. The first-order valence-electron chi connectivity index (χ1n) is 7.52. The lowest BCUT2D eigenvalue weighted by Crippen LogP contribution is -2.22. The van der Waals surface area contributed by atoms with Gasteiger partial charge in [-0.1, -0.05) is 31.8 Å². The van der Waals surface area contributed by atoms with E-state index in [0.717, 1.165) is 11.6 Å². The molecule has 0 aliphatic carbocycles. The zero-order valence-electron chi connectivity index (χ0n) is 14.0. The number of nitrogens with zero attached hydrogens (tertiary/aromatic N) is 2. The minimum Gasteiger partial charge on any atom is -0.477 e. The normalized spacial score (nSPS) is 11.3. The topological polar surface area (TPSA) is 76.4 Å². The molecule has 2 N–H and O–H groups in total. The van der Waals surface area contributed by atoms with Gasteiger partial charge in [-0.3, -0.25) is 5.32 Å². The third kappa shape index (κ3) is 4.85. The number of anilines is 1. The summed E-state index contributed by atoms with van der Waals surface area (Å²) in [6, 6.07) is 8.24. The smallest absolute Gasteiger partial charge is 0.409 e. The second-order valence-corrected chi connectivity index (χ2v) is 12.3. The molecule has 0 radical (unpaired) electrons. The first kappa shape index (κ1) is 17.1. The maximum Gasteiger partial charge on any atom is 0.409 e. The molecule has 0 aliphatic heterocycles. The molecule has 23 heavy (non-hydrogen) atoms. The van der Waals surface area contributed by atoms with Crippen molar-refractivity contribution in [2.45, 2.75) is 25.7 Å². The van der Waals surface area contributed by atoms with Gasteiger partial charge in [0.2, 0.25) is 5.88 Å². The van der Waals surface area contributed by atoms with E-state index in [1.165, 1.54) is 0 Å². The number of hydrogen-bond donors (Lipinski definition) is 2. The van der Waals surface area contributed by atoms with Gasteiger partial charge >= 0.3 is 6.09 Å². The highest BCUT2D eigenvalue weighted by molar-refractivity contribution is 6.76. The van der Waals surface area contributed by atoms with Gasteiger partial charge in [0.15, 0.2) is 0 Å². The largest absolute Gasteiger partial charge is 0.477 e. The fourth-order valence-electron chi connectivity index (χ4n) is 2.12. The lowest BCUT2D eigenvalue weighted by Gasteiger charge is -2.14. The fourth-order valence-corrected chi connectivity index (χ4v) is 2.84. The number of aryl methyl sites for hydroxylation is 1. The molecule has 2 aromatic rings. The molecule has 0 saturated heterocycles. The van der Waals surface area contributed by atoms with Crippen molar-refractivity contribution < 1.29 is 14.6 Å². The lowest BCUT2D eigenvalue weighted by atomic mass is 10.1. The summed E-state index contributed by atoms with van der Waals surface area (Å²) < 4.78 is 7.59. The van der Waals surface area contributed by atoms with Gasteiger partial charge in [0, 0.05) is 20.7 Å². The van der Waals surface area contributed by atoms with Crippen molar-refractivity contribution in [3.8, 4) is 17.3 Å². The number of carbonyl (C=O) groups is 1. The molecule has 0 spiro atoms. The molecule has 0 fully saturated rings. The van der Waals surface area contributed by atoms with Crippen LogP contribution in [0.1, 0.15) is 0 Å². The van der Waals surface area contributed by atoms with Crippen molar-refractivity contribution in [2.24, 2.45) is 7.05 Å². The Morgan fingerprint density at radius 1 is 1.35 bits per heavy atom. The molecule has 0 saturated carbocycles. The van der Waals surface area contributed by atoms with Crippen LogP contribution < -0.4 is 10.1 Å². The van der Waals surface area contributed by atoms with Crippen LogP contribution in [-0.4, -0.2) is 35.4 Å². The van der Waals surface area contributed by atoms with E-state index in [-0.39, 0.29) is 0 Å². The molecule has 7 heteroatoms. The number of nitrogens with one attached hydrogen (secondary N) is 1. The van der Waals surface area contributed by atoms with Crippen LogP contribution in [0.4, 0.5) is 10.5 Å². The number of ether oxygens (including phenoxy) is 1. The number of carboxylic acid groups (broad SMARTS) is 1. The fraction of sp³-hybridized carbons (Fsp3) is 0.375. The number of rotatable bonds is 6. The number of amides is 1. The van der Waals surface area contributed by atoms with E-state index >= 15 is 0 Å². The van der Waals surface area contributed by atoms with E-state index in [9.17, 15) is 4.79 Å². The first-order chi connectivity index (χ1) is 10.8. The van der Waals surface area contributed by atoms with Gasteiger partial charge in [-0.25, -0.2) is 4.79 Å². The van der Waals surface area contributed by atoms with Crippen molar-refractivity contribution in [2.75, 3.05) is 11.9 Å². The Morgan fingerprint density at radius 2 is 2.04 bits per heavy atom. The number of imidazole rings is 1. The Hall–Kier alpha value is -2.28. The van der Waals surface area contributed by atoms with Crippen LogP contribution >= 0.6 is 0 Å². The van der Waals surface area contributed by atoms with Gasteiger partial charge in [-0.05, 0) is 18.2 Å². The molecular formula is C16H23N3O3Si. The Morgan fingerprint density at radius 3 is 2.70 bits per heavy atom. The summed E-state index contributed by atoms with van der Waals surface area (Å²) in [5.41, 5.74) is 1.22. The highest BCUT2D eigenvalue weighted by Crippen LogP contribution is 2.28. The van der Waals surface area contributed by atoms with E-state index in [2.05, 4.69) is 29.9 Å². The standard InChI is InChI=1S/C16H23N3O3Si/c1-19-11-14(22-9-10-23(2,3)4)18-15(19)12-7-5-6-8-13(12)17-16(20)21/h5-8,11,17H,9-10H2,1-4H3,(H,20,21). The number of para-hydroxylation sites is 1. The van der Waals surface area contributed by atoms with Crippen LogP contribution in [0.2, 0.25) is 25.7 Å². The zero-order chi connectivity index (χ0) is 17.0. The summed E-state index contributed by atoms with van der Waals surface area (Å²) in [5.74, 6) is 1.23. The monoisotopic (exact) mass is 333 g/mol. The average molecular weight is 333 g/mol. The van der Waals surface area contributed by atoms with Crippen molar-refractivity contribution in [1.82, 2.24) is 9.55 Å². The number of aromatic nitrogens is 2. The Bertz CT molecular complexity index is 692. The molecule has 2 rings (SSSR count). The quantitative estimate of drug-likeness (QED) is 0.786.